The summed E-state index contributed by atoms with van der Waals surface area (Å²) in [6, 6.07) is 49.9. The van der Waals surface area contributed by atoms with Crippen LogP contribution in [0.15, 0.2) is 144 Å². The molecule has 6 heteroatoms. The molecule has 2 aromatic heterocycles. The number of benzene rings is 7. The van der Waals surface area contributed by atoms with Crippen molar-refractivity contribution in [2.24, 2.45) is 0 Å². The van der Waals surface area contributed by atoms with Gasteiger partial charge in [-0.25, -0.2) is 4.98 Å². The van der Waals surface area contributed by atoms with Crippen molar-refractivity contribution in [3.05, 3.63) is 145 Å². The second-order valence-electron chi connectivity index (χ2n) is 13.2. The van der Waals surface area contributed by atoms with Gasteiger partial charge in [-0.1, -0.05) is 108 Å². The average Bonchev–Trinajstić information content (AvgIpc) is 3.66. The lowest BCUT2D eigenvalue weighted by Crippen LogP contribution is -2.31. The maximum absolute atomic E-state index is 6.20. The minimum Gasteiger partial charge on any atom is -0.456 e. The van der Waals surface area contributed by atoms with Crippen molar-refractivity contribution >= 4 is 78.1 Å². The predicted octanol–water partition coefficient (Wildman–Crippen LogP) is 7.57. The molecule has 0 aliphatic heterocycles. The van der Waals surface area contributed by atoms with Crippen LogP contribution in [-0.2, 0) is 5.11 Å². The summed E-state index contributed by atoms with van der Waals surface area (Å²) in [5.41, 5.74) is 9.93. The summed E-state index contributed by atoms with van der Waals surface area (Å²) in [6.45, 7) is 0. The number of para-hydroxylation sites is 4. The molecule has 0 unspecified atom stereocenters. The Morgan fingerprint density at radius 1 is 0.522 bits per heavy atom. The molecular weight excluding hydrogens is 557 g/mol. The maximum Gasteiger partial charge on any atom is 0.135 e. The van der Waals surface area contributed by atoms with Crippen molar-refractivity contribution in [1.29, 1.82) is 0 Å². The number of aromatic nitrogens is 2. The number of imidazole rings is 1. The third-order valence-corrected chi connectivity index (χ3v) is 9.24. The molecule has 0 fully saturated rings. The van der Waals surface area contributed by atoms with Crippen LogP contribution < -0.4 is 0 Å². The fourth-order valence-electron chi connectivity index (χ4n) is 7.26. The zero-order valence-electron chi connectivity index (χ0n) is 26.1. The van der Waals surface area contributed by atoms with Crippen LogP contribution in [0.5, 0.6) is 0 Å². The highest BCUT2D eigenvalue weighted by Gasteiger charge is 2.26. The summed E-state index contributed by atoms with van der Waals surface area (Å²) < 4.78 is 8.58. The van der Waals surface area contributed by atoms with Gasteiger partial charge in [0, 0.05) is 16.3 Å². The highest BCUT2D eigenvalue weighted by Crippen LogP contribution is 2.46. The fraction of sp³-hybridized carbons (Fsp3) is 0.0250. The topological polar surface area (TPSA) is 31.0 Å². The molecule has 0 bridgehead atoms. The van der Waals surface area contributed by atoms with Gasteiger partial charge in [-0.15, -0.1) is 0 Å². The van der Waals surface area contributed by atoms with Gasteiger partial charge in [-0.2, -0.15) is 0 Å². The lowest BCUT2D eigenvalue weighted by molar-refractivity contribution is 0.669. The highest BCUT2D eigenvalue weighted by molar-refractivity contribution is 6.58. The number of furan rings is 1. The molecule has 7 aromatic carbocycles. The van der Waals surface area contributed by atoms with Crippen molar-refractivity contribution < 1.29 is 4.42 Å². The van der Waals surface area contributed by atoms with Gasteiger partial charge in [0.15, 0.2) is 0 Å². The number of fused-ring (bicyclic) bond motifs is 6. The zero-order chi connectivity index (χ0) is 31.0. The minimum atomic E-state index is -0.157. The van der Waals surface area contributed by atoms with E-state index in [1.54, 1.807) is 0 Å². The molecule has 0 saturated carbocycles. The van der Waals surface area contributed by atoms with Gasteiger partial charge in [0.1, 0.15) is 11.2 Å². The third kappa shape index (κ3) is 4.00. The van der Waals surface area contributed by atoms with Crippen LogP contribution in [0, 0.1) is 0 Å². The Morgan fingerprint density at radius 2 is 1.09 bits per heavy atom. The SMILES string of the molecule is BC(B)(B)c1nc2ccccc2n1-c1ccccc1-c1c2ccccc2c(-c2ccc3oc4ccccc4c3c2)c2ccccc12. The molecule has 9 rings (SSSR count). The molecule has 0 saturated heterocycles. The summed E-state index contributed by atoms with van der Waals surface area (Å²) in [4.78, 5) is 5.17. The van der Waals surface area contributed by atoms with Crippen LogP contribution in [0.4, 0.5) is 0 Å². The van der Waals surface area contributed by atoms with Gasteiger partial charge in [-0.3, -0.25) is 4.57 Å². The zero-order valence-corrected chi connectivity index (χ0v) is 26.1. The maximum atomic E-state index is 6.20. The first-order chi connectivity index (χ1) is 22.5. The van der Waals surface area contributed by atoms with Crippen LogP contribution in [0.25, 0.3) is 82.5 Å². The van der Waals surface area contributed by atoms with Crippen molar-refractivity contribution in [1.82, 2.24) is 9.55 Å². The first-order valence-electron chi connectivity index (χ1n) is 15.9. The van der Waals surface area contributed by atoms with Gasteiger partial charge in [0.2, 0.25) is 0 Å². The number of hydrogen-bond donors (Lipinski definition) is 0. The molecular formula is C40H29B3N2O. The van der Waals surface area contributed by atoms with E-state index in [0.29, 0.717) is 0 Å². The van der Waals surface area contributed by atoms with Gasteiger partial charge in [0.25, 0.3) is 0 Å². The first kappa shape index (κ1) is 26.9. The van der Waals surface area contributed by atoms with E-state index in [1.165, 1.54) is 43.8 Å². The van der Waals surface area contributed by atoms with E-state index in [2.05, 4.69) is 155 Å². The van der Waals surface area contributed by atoms with Gasteiger partial charge in [-0.05, 0) is 74.6 Å². The lowest BCUT2D eigenvalue weighted by atomic mass is 9.42. The second-order valence-corrected chi connectivity index (χ2v) is 13.2. The molecule has 0 N–H and O–H groups in total. The Kier molecular flexibility index (Phi) is 5.85. The van der Waals surface area contributed by atoms with E-state index in [0.717, 1.165) is 44.5 Å². The Labute approximate surface area is 269 Å². The molecule has 0 amide bonds. The number of rotatable bonds is 4. The van der Waals surface area contributed by atoms with Gasteiger partial charge in [0.05, 0.1) is 46.1 Å². The Morgan fingerprint density at radius 3 is 1.80 bits per heavy atom. The molecule has 3 nitrogen and oxygen atoms in total. The van der Waals surface area contributed by atoms with Crippen LogP contribution in [0.3, 0.4) is 0 Å². The van der Waals surface area contributed by atoms with Gasteiger partial charge < -0.3 is 4.42 Å². The summed E-state index contributed by atoms with van der Waals surface area (Å²) in [7, 11) is 6.73. The first-order valence-corrected chi connectivity index (χ1v) is 15.9. The third-order valence-electron chi connectivity index (χ3n) is 9.24. The highest BCUT2D eigenvalue weighted by atomic mass is 16.3. The van der Waals surface area contributed by atoms with Gasteiger partial charge >= 0.3 is 0 Å². The average molecular weight is 586 g/mol. The van der Waals surface area contributed by atoms with E-state index >= 15 is 0 Å². The summed E-state index contributed by atoms with van der Waals surface area (Å²) in [5.74, 6) is 1.05. The van der Waals surface area contributed by atoms with Crippen LogP contribution >= 0.6 is 0 Å². The van der Waals surface area contributed by atoms with Crippen molar-refractivity contribution in [2.75, 3.05) is 0 Å². The molecule has 0 aliphatic carbocycles. The normalized spacial score (nSPS) is 12.2. The summed E-state index contributed by atoms with van der Waals surface area (Å²) in [6.07, 6.45) is 0. The molecule has 46 heavy (non-hydrogen) atoms. The second kappa shape index (κ2) is 10.0. The van der Waals surface area contributed by atoms with Crippen molar-refractivity contribution in [3.8, 4) is 27.9 Å². The Bertz CT molecular complexity index is 2590. The fourth-order valence-corrected chi connectivity index (χ4v) is 7.26. The molecule has 2 heterocycles. The monoisotopic (exact) mass is 586 g/mol. The molecule has 0 aliphatic rings. The molecule has 214 valence electrons. The molecule has 0 atom stereocenters. The Hall–Kier alpha value is -5.48. The minimum absolute atomic E-state index is 0.157. The van der Waals surface area contributed by atoms with E-state index in [4.69, 9.17) is 9.40 Å². The summed E-state index contributed by atoms with van der Waals surface area (Å²) in [5, 5.41) is 7.02. The van der Waals surface area contributed by atoms with E-state index in [1.807, 2.05) is 12.1 Å². The van der Waals surface area contributed by atoms with Crippen molar-refractivity contribution in [3.63, 3.8) is 0 Å². The quantitative estimate of drug-likeness (QED) is 0.157. The largest absolute Gasteiger partial charge is 0.456 e. The lowest BCUT2D eigenvalue weighted by Gasteiger charge is -2.24. The Balaban J connectivity index is 1.38. The van der Waals surface area contributed by atoms with Crippen LogP contribution in [0.1, 0.15) is 5.82 Å². The standard InChI is InChI=1S/C40H29B3N2O/c41-40(42,43)39-44-32-17-7-9-19-34(32)45(39)33-18-8-5-16-30(33)38-28-14-3-1-12-26(28)37(27-13-2-4-15-29(27)38)24-21-22-36-31(23-24)25-11-6-10-20-35(25)46-36/h1-23H,41-43H2. The molecule has 0 radical (unpaired) electrons. The van der Waals surface area contributed by atoms with E-state index < -0.39 is 0 Å². The number of nitrogens with zero attached hydrogens (tertiary/aromatic N) is 2. The van der Waals surface area contributed by atoms with E-state index in [9.17, 15) is 0 Å². The van der Waals surface area contributed by atoms with Crippen LogP contribution in [-0.4, -0.2) is 33.1 Å². The smallest absolute Gasteiger partial charge is 0.135 e. The van der Waals surface area contributed by atoms with E-state index in [-0.39, 0.29) is 5.11 Å². The van der Waals surface area contributed by atoms with Crippen LogP contribution in [0.2, 0.25) is 0 Å². The molecule has 0 spiro atoms. The van der Waals surface area contributed by atoms with Crippen molar-refractivity contribution in [2.45, 2.75) is 5.11 Å². The summed E-state index contributed by atoms with van der Waals surface area (Å²) >= 11 is 0. The predicted molar refractivity (Wildman–Crippen MR) is 202 cm³/mol. The molecule has 9 aromatic rings. The number of hydrogen-bond acceptors (Lipinski definition) is 2.